The number of aryl methyl sites for hydroxylation is 1. The lowest BCUT2D eigenvalue weighted by atomic mass is 10.2. The first-order valence-electron chi connectivity index (χ1n) is 5.37. The standard InChI is InChI=1S/C12H11ClN2O3/c1-7-2-3-8-9(6-7)14-12(13)15(11(8)18)5-4-10(16)17/h2-3,6H,4-5H2,1H3,(H,16,17). The molecule has 0 amide bonds. The lowest BCUT2D eigenvalue weighted by Crippen LogP contribution is -2.23. The Morgan fingerprint density at radius 1 is 1.50 bits per heavy atom. The highest BCUT2D eigenvalue weighted by molar-refractivity contribution is 6.28. The van der Waals surface area contributed by atoms with Crippen molar-refractivity contribution in [3.8, 4) is 0 Å². The van der Waals surface area contributed by atoms with Crippen molar-refractivity contribution in [1.29, 1.82) is 0 Å². The van der Waals surface area contributed by atoms with Crippen LogP contribution in [-0.2, 0) is 11.3 Å². The van der Waals surface area contributed by atoms with E-state index in [1.54, 1.807) is 18.2 Å². The van der Waals surface area contributed by atoms with E-state index in [0.29, 0.717) is 10.9 Å². The summed E-state index contributed by atoms with van der Waals surface area (Å²) in [7, 11) is 0. The summed E-state index contributed by atoms with van der Waals surface area (Å²) in [5, 5.41) is 9.08. The molecular formula is C12H11ClN2O3. The highest BCUT2D eigenvalue weighted by atomic mass is 35.5. The number of aromatic nitrogens is 2. The van der Waals surface area contributed by atoms with Gasteiger partial charge in [-0.3, -0.25) is 14.2 Å². The Bertz CT molecular complexity index is 679. The zero-order valence-electron chi connectivity index (χ0n) is 9.68. The number of carbonyl (C=O) groups is 1. The van der Waals surface area contributed by atoms with Crippen molar-refractivity contribution in [2.45, 2.75) is 19.9 Å². The number of carboxylic acid groups (broad SMARTS) is 1. The fraction of sp³-hybridized carbons (Fsp3) is 0.250. The van der Waals surface area contributed by atoms with Gasteiger partial charge in [0.25, 0.3) is 5.56 Å². The molecule has 0 radical (unpaired) electrons. The summed E-state index contributed by atoms with van der Waals surface area (Å²) in [6.45, 7) is 1.91. The first kappa shape index (κ1) is 12.6. The maximum Gasteiger partial charge on any atom is 0.305 e. The van der Waals surface area contributed by atoms with E-state index < -0.39 is 5.97 Å². The molecule has 18 heavy (non-hydrogen) atoms. The zero-order chi connectivity index (χ0) is 13.3. The van der Waals surface area contributed by atoms with Gasteiger partial charge in [0.1, 0.15) is 0 Å². The molecule has 2 rings (SSSR count). The number of rotatable bonds is 3. The molecule has 0 atom stereocenters. The number of hydrogen-bond donors (Lipinski definition) is 1. The highest BCUT2D eigenvalue weighted by Crippen LogP contribution is 2.13. The first-order chi connectivity index (χ1) is 8.49. The van der Waals surface area contributed by atoms with Crippen molar-refractivity contribution in [1.82, 2.24) is 9.55 Å². The number of hydrogen-bond acceptors (Lipinski definition) is 3. The van der Waals surface area contributed by atoms with Gasteiger partial charge in [0.15, 0.2) is 0 Å². The molecule has 1 N–H and O–H groups in total. The zero-order valence-corrected chi connectivity index (χ0v) is 10.4. The van der Waals surface area contributed by atoms with Gasteiger partial charge in [-0.05, 0) is 36.2 Å². The summed E-state index contributed by atoms with van der Waals surface area (Å²) in [4.78, 5) is 26.8. The molecule has 0 fully saturated rings. The summed E-state index contributed by atoms with van der Waals surface area (Å²) in [6.07, 6.45) is -0.168. The molecule has 1 heterocycles. The first-order valence-corrected chi connectivity index (χ1v) is 5.75. The molecule has 0 aliphatic carbocycles. The molecule has 6 heteroatoms. The molecule has 0 spiro atoms. The van der Waals surface area contributed by atoms with E-state index in [1.165, 1.54) is 4.57 Å². The van der Waals surface area contributed by atoms with Crippen molar-refractivity contribution >= 4 is 28.5 Å². The molecule has 0 saturated carbocycles. The molecule has 1 aromatic heterocycles. The van der Waals surface area contributed by atoms with Crippen LogP contribution < -0.4 is 5.56 Å². The van der Waals surface area contributed by atoms with Gasteiger partial charge in [0, 0.05) is 6.54 Å². The summed E-state index contributed by atoms with van der Waals surface area (Å²) in [6, 6.07) is 5.25. The number of carboxylic acids is 1. The van der Waals surface area contributed by atoms with Crippen LogP contribution in [0.15, 0.2) is 23.0 Å². The lowest BCUT2D eigenvalue weighted by molar-refractivity contribution is -0.137. The maximum absolute atomic E-state index is 12.1. The molecule has 0 unspecified atom stereocenters. The van der Waals surface area contributed by atoms with Crippen molar-refractivity contribution in [2.24, 2.45) is 0 Å². The van der Waals surface area contributed by atoms with Crippen LogP contribution in [0.2, 0.25) is 5.28 Å². The minimum atomic E-state index is -0.984. The molecule has 94 valence electrons. The molecule has 5 nitrogen and oxygen atoms in total. The molecule has 0 aliphatic heterocycles. The summed E-state index contributed by atoms with van der Waals surface area (Å²) in [5.41, 5.74) is 1.19. The fourth-order valence-electron chi connectivity index (χ4n) is 1.71. The van der Waals surface area contributed by atoms with Gasteiger partial charge in [0.2, 0.25) is 5.28 Å². The van der Waals surface area contributed by atoms with E-state index in [1.807, 2.05) is 6.92 Å². The average Bonchev–Trinajstić information content (AvgIpc) is 2.27. The van der Waals surface area contributed by atoms with Crippen molar-refractivity contribution in [3.05, 3.63) is 39.4 Å². The Morgan fingerprint density at radius 2 is 2.22 bits per heavy atom. The fourth-order valence-corrected chi connectivity index (χ4v) is 1.96. The van der Waals surface area contributed by atoms with Crippen molar-refractivity contribution in [3.63, 3.8) is 0 Å². The second-order valence-electron chi connectivity index (χ2n) is 4.00. The predicted octanol–water partition coefficient (Wildman–Crippen LogP) is 1.83. The molecular weight excluding hydrogens is 256 g/mol. The van der Waals surface area contributed by atoms with Gasteiger partial charge in [-0.2, -0.15) is 0 Å². The number of fused-ring (bicyclic) bond motifs is 1. The van der Waals surface area contributed by atoms with Crippen LogP contribution in [0.1, 0.15) is 12.0 Å². The van der Waals surface area contributed by atoms with Crippen molar-refractivity contribution in [2.75, 3.05) is 0 Å². The number of halogens is 1. The minimum absolute atomic E-state index is 0.0133. The van der Waals surface area contributed by atoms with Crippen LogP contribution in [0.25, 0.3) is 10.9 Å². The van der Waals surface area contributed by atoms with E-state index >= 15 is 0 Å². The second-order valence-corrected chi connectivity index (χ2v) is 4.34. The van der Waals surface area contributed by atoms with Gasteiger partial charge in [-0.25, -0.2) is 4.98 Å². The highest BCUT2D eigenvalue weighted by Gasteiger charge is 2.10. The summed E-state index contributed by atoms with van der Waals surface area (Å²) in [5.74, 6) is -0.984. The smallest absolute Gasteiger partial charge is 0.305 e. The number of aliphatic carboxylic acids is 1. The Labute approximate surface area is 108 Å². The van der Waals surface area contributed by atoms with E-state index in [-0.39, 0.29) is 23.8 Å². The van der Waals surface area contributed by atoms with Gasteiger partial charge in [-0.1, -0.05) is 6.07 Å². The predicted molar refractivity (Wildman–Crippen MR) is 68.0 cm³/mol. The van der Waals surface area contributed by atoms with Crippen LogP contribution in [0.4, 0.5) is 0 Å². The summed E-state index contributed by atoms with van der Waals surface area (Å²) >= 11 is 5.90. The van der Waals surface area contributed by atoms with Crippen LogP contribution in [-0.4, -0.2) is 20.6 Å². The topological polar surface area (TPSA) is 72.2 Å². The quantitative estimate of drug-likeness (QED) is 0.861. The number of nitrogens with zero attached hydrogens (tertiary/aromatic N) is 2. The van der Waals surface area contributed by atoms with Gasteiger partial charge < -0.3 is 5.11 Å². The maximum atomic E-state index is 12.1. The van der Waals surface area contributed by atoms with Gasteiger partial charge >= 0.3 is 5.97 Å². The molecule has 1 aromatic carbocycles. The van der Waals surface area contributed by atoms with Crippen LogP contribution in [0.5, 0.6) is 0 Å². The SMILES string of the molecule is Cc1ccc2c(=O)n(CCC(=O)O)c(Cl)nc2c1. The van der Waals surface area contributed by atoms with Crippen molar-refractivity contribution < 1.29 is 9.90 Å². The Morgan fingerprint density at radius 3 is 2.89 bits per heavy atom. The third-order valence-corrected chi connectivity index (χ3v) is 2.90. The molecule has 0 aliphatic rings. The molecule has 0 bridgehead atoms. The van der Waals surface area contributed by atoms with E-state index in [0.717, 1.165) is 5.56 Å². The Kier molecular flexibility index (Phi) is 3.34. The van der Waals surface area contributed by atoms with E-state index in [4.69, 9.17) is 16.7 Å². The average molecular weight is 267 g/mol. The van der Waals surface area contributed by atoms with Crippen LogP contribution >= 0.6 is 11.6 Å². The monoisotopic (exact) mass is 266 g/mol. The normalized spacial score (nSPS) is 10.8. The third kappa shape index (κ3) is 2.36. The minimum Gasteiger partial charge on any atom is -0.481 e. The largest absolute Gasteiger partial charge is 0.481 e. The van der Waals surface area contributed by atoms with E-state index in [2.05, 4.69) is 4.98 Å². The summed E-state index contributed by atoms with van der Waals surface area (Å²) < 4.78 is 1.17. The lowest BCUT2D eigenvalue weighted by Gasteiger charge is -2.08. The van der Waals surface area contributed by atoms with Crippen LogP contribution in [0.3, 0.4) is 0 Å². The molecule has 2 aromatic rings. The van der Waals surface area contributed by atoms with Crippen LogP contribution in [0, 0.1) is 6.92 Å². The Hall–Kier alpha value is -1.88. The Balaban J connectivity index is 2.58. The third-order valence-electron chi connectivity index (χ3n) is 2.61. The van der Waals surface area contributed by atoms with E-state index in [9.17, 15) is 9.59 Å². The second kappa shape index (κ2) is 4.78. The van der Waals surface area contributed by atoms with Gasteiger partial charge in [-0.15, -0.1) is 0 Å². The molecule has 0 saturated heterocycles. The van der Waals surface area contributed by atoms with Gasteiger partial charge in [0.05, 0.1) is 17.3 Å². The number of benzene rings is 1.